The minimum absolute atomic E-state index is 0.0584. The van der Waals surface area contributed by atoms with Crippen LogP contribution in [0.15, 0.2) is 36.5 Å². The van der Waals surface area contributed by atoms with E-state index >= 15 is 0 Å². The molecule has 0 radical (unpaired) electrons. The van der Waals surface area contributed by atoms with E-state index < -0.39 is 0 Å². The van der Waals surface area contributed by atoms with Gasteiger partial charge in [0.1, 0.15) is 0 Å². The van der Waals surface area contributed by atoms with E-state index in [1.165, 1.54) is 0 Å². The molecule has 5 nitrogen and oxygen atoms in total. The number of nitrogens with zero attached hydrogens (tertiary/aromatic N) is 2. The number of carbonyl (C=O) groups excluding carboxylic acids is 1. The second kappa shape index (κ2) is 6.75. The second-order valence-corrected chi connectivity index (χ2v) is 4.63. The van der Waals surface area contributed by atoms with E-state index in [4.69, 9.17) is 0 Å². The molecule has 0 unspecified atom stereocenters. The van der Waals surface area contributed by atoms with E-state index in [0.29, 0.717) is 13.0 Å². The molecule has 1 amide bonds. The zero-order valence-corrected chi connectivity index (χ0v) is 11.9. The first-order chi connectivity index (χ1) is 9.69. The highest BCUT2D eigenvalue weighted by molar-refractivity contribution is 5.78. The number of carbonyl (C=O) groups is 1. The predicted molar refractivity (Wildman–Crippen MR) is 79.4 cm³/mol. The molecule has 2 aromatic rings. The summed E-state index contributed by atoms with van der Waals surface area (Å²) in [7, 11) is 1.92. The Bertz CT molecular complexity index is 560. The first kappa shape index (κ1) is 14.1. The maximum Gasteiger partial charge on any atom is 0.224 e. The van der Waals surface area contributed by atoms with E-state index in [0.717, 1.165) is 23.5 Å². The molecule has 2 rings (SSSR count). The monoisotopic (exact) mass is 272 g/mol. The average Bonchev–Trinajstić information content (AvgIpc) is 2.84. The average molecular weight is 272 g/mol. The van der Waals surface area contributed by atoms with Crippen LogP contribution in [0.4, 0.5) is 5.69 Å². The lowest BCUT2D eigenvalue weighted by Crippen LogP contribution is -2.24. The van der Waals surface area contributed by atoms with Crippen LogP contribution >= 0.6 is 0 Å². The Labute approximate surface area is 119 Å². The first-order valence-corrected chi connectivity index (χ1v) is 6.75. The van der Waals surface area contributed by atoms with Crippen molar-refractivity contribution in [2.24, 2.45) is 7.05 Å². The molecule has 1 aromatic carbocycles. The highest BCUT2D eigenvalue weighted by Gasteiger charge is 2.02. The summed E-state index contributed by atoms with van der Waals surface area (Å²) in [5, 5.41) is 10.3. The Kier molecular flexibility index (Phi) is 4.76. The van der Waals surface area contributed by atoms with Crippen LogP contribution in [0, 0.1) is 0 Å². The van der Waals surface area contributed by atoms with Gasteiger partial charge in [0.25, 0.3) is 0 Å². The molecule has 5 heteroatoms. The summed E-state index contributed by atoms with van der Waals surface area (Å²) in [4.78, 5) is 11.5. The van der Waals surface area contributed by atoms with Crippen LogP contribution in [0.25, 0.3) is 0 Å². The van der Waals surface area contributed by atoms with Crippen LogP contribution in [0.3, 0.4) is 0 Å². The normalized spacial score (nSPS) is 10.3. The lowest BCUT2D eigenvalue weighted by Gasteiger charge is -2.08. The molecule has 2 N–H and O–H groups in total. The van der Waals surface area contributed by atoms with Crippen molar-refractivity contribution in [3.05, 3.63) is 47.8 Å². The molecule has 0 aliphatic carbocycles. The van der Waals surface area contributed by atoms with Crippen molar-refractivity contribution in [2.45, 2.75) is 19.9 Å². The Balaban J connectivity index is 1.88. The molecule has 106 valence electrons. The summed E-state index contributed by atoms with van der Waals surface area (Å²) in [5.74, 6) is 0.0584. The van der Waals surface area contributed by atoms with Crippen molar-refractivity contribution in [1.82, 2.24) is 15.1 Å². The number of nitrogens with one attached hydrogen (secondary N) is 2. The maximum atomic E-state index is 11.5. The van der Waals surface area contributed by atoms with Crippen molar-refractivity contribution in [3.63, 3.8) is 0 Å². The smallest absolute Gasteiger partial charge is 0.224 e. The van der Waals surface area contributed by atoms with Gasteiger partial charge in [0.2, 0.25) is 5.91 Å². The Hall–Kier alpha value is -2.30. The summed E-state index contributed by atoms with van der Waals surface area (Å²) in [6.07, 6.45) is 2.21. The summed E-state index contributed by atoms with van der Waals surface area (Å²) in [5.41, 5.74) is 3.17. The molecule has 0 spiro atoms. The van der Waals surface area contributed by atoms with Crippen molar-refractivity contribution in [3.8, 4) is 0 Å². The third kappa shape index (κ3) is 3.85. The molecule has 0 bridgehead atoms. The molecule has 0 saturated carbocycles. The molecular weight excluding hydrogens is 252 g/mol. The number of aromatic nitrogens is 2. The lowest BCUT2D eigenvalue weighted by atomic mass is 10.1. The fraction of sp³-hybridized carbons (Fsp3) is 0.333. The van der Waals surface area contributed by atoms with Gasteiger partial charge >= 0.3 is 0 Å². The predicted octanol–water partition coefficient (Wildman–Crippen LogP) is 1.71. The van der Waals surface area contributed by atoms with E-state index in [1.807, 2.05) is 49.0 Å². The van der Waals surface area contributed by atoms with Gasteiger partial charge < -0.3 is 10.6 Å². The van der Waals surface area contributed by atoms with Gasteiger partial charge in [0, 0.05) is 25.5 Å². The fourth-order valence-electron chi connectivity index (χ4n) is 1.95. The van der Waals surface area contributed by atoms with Gasteiger partial charge in [-0.3, -0.25) is 9.48 Å². The van der Waals surface area contributed by atoms with Gasteiger partial charge in [-0.1, -0.05) is 12.1 Å². The largest absolute Gasteiger partial charge is 0.379 e. The highest BCUT2D eigenvalue weighted by Crippen LogP contribution is 2.11. The molecular formula is C15H20N4O. The van der Waals surface area contributed by atoms with Crippen molar-refractivity contribution < 1.29 is 4.79 Å². The fourth-order valence-corrected chi connectivity index (χ4v) is 1.95. The summed E-state index contributed by atoms with van der Waals surface area (Å²) in [6.45, 7) is 3.32. The summed E-state index contributed by atoms with van der Waals surface area (Å²) >= 11 is 0. The minimum atomic E-state index is 0.0584. The Morgan fingerprint density at radius 1 is 1.25 bits per heavy atom. The van der Waals surface area contributed by atoms with Gasteiger partial charge in [0.05, 0.1) is 18.7 Å². The molecule has 1 heterocycles. The number of aryl methyl sites for hydroxylation is 1. The molecule has 0 aliphatic rings. The molecule has 20 heavy (non-hydrogen) atoms. The van der Waals surface area contributed by atoms with Gasteiger partial charge in [-0.2, -0.15) is 5.10 Å². The van der Waals surface area contributed by atoms with Gasteiger partial charge in [-0.15, -0.1) is 0 Å². The van der Waals surface area contributed by atoms with Crippen LogP contribution in [-0.4, -0.2) is 22.2 Å². The van der Waals surface area contributed by atoms with Crippen LogP contribution in [0.1, 0.15) is 18.2 Å². The van der Waals surface area contributed by atoms with Crippen molar-refractivity contribution >= 4 is 11.6 Å². The number of likely N-dealkylation sites (N-methyl/N-ethyl adjacent to an activating group) is 1. The molecule has 0 atom stereocenters. The third-order valence-corrected chi connectivity index (χ3v) is 3.09. The van der Waals surface area contributed by atoms with Crippen molar-refractivity contribution in [1.29, 1.82) is 0 Å². The molecule has 1 aromatic heterocycles. The van der Waals surface area contributed by atoms with E-state index in [1.54, 1.807) is 6.20 Å². The zero-order chi connectivity index (χ0) is 14.4. The SMILES string of the molecule is CCNC(=O)Cc1ccc(NCc2ccnn2C)cc1. The topological polar surface area (TPSA) is 59.0 Å². The van der Waals surface area contributed by atoms with Crippen LogP contribution < -0.4 is 10.6 Å². The second-order valence-electron chi connectivity index (χ2n) is 4.63. The first-order valence-electron chi connectivity index (χ1n) is 6.75. The number of amides is 1. The van der Waals surface area contributed by atoms with E-state index in [9.17, 15) is 4.79 Å². The zero-order valence-electron chi connectivity index (χ0n) is 11.9. The summed E-state index contributed by atoms with van der Waals surface area (Å²) in [6, 6.07) is 9.91. The van der Waals surface area contributed by atoms with Gasteiger partial charge in [0.15, 0.2) is 0 Å². The maximum absolute atomic E-state index is 11.5. The quantitative estimate of drug-likeness (QED) is 0.841. The highest BCUT2D eigenvalue weighted by atomic mass is 16.1. The standard InChI is InChI=1S/C15H20N4O/c1-3-16-15(20)10-12-4-6-13(7-5-12)17-11-14-8-9-18-19(14)2/h4-9,17H,3,10-11H2,1-2H3,(H,16,20). The lowest BCUT2D eigenvalue weighted by molar-refractivity contribution is -0.120. The van der Waals surface area contributed by atoms with E-state index in [-0.39, 0.29) is 5.91 Å². The minimum Gasteiger partial charge on any atom is -0.379 e. The number of hydrogen-bond acceptors (Lipinski definition) is 3. The Morgan fingerprint density at radius 2 is 2.00 bits per heavy atom. The third-order valence-electron chi connectivity index (χ3n) is 3.09. The molecule has 0 aliphatic heterocycles. The number of hydrogen-bond donors (Lipinski definition) is 2. The summed E-state index contributed by atoms with van der Waals surface area (Å²) < 4.78 is 1.84. The van der Waals surface area contributed by atoms with Crippen LogP contribution in [0.5, 0.6) is 0 Å². The van der Waals surface area contributed by atoms with E-state index in [2.05, 4.69) is 15.7 Å². The van der Waals surface area contributed by atoms with Crippen LogP contribution in [-0.2, 0) is 24.8 Å². The van der Waals surface area contributed by atoms with Crippen molar-refractivity contribution in [2.75, 3.05) is 11.9 Å². The number of anilines is 1. The number of benzene rings is 1. The Morgan fingerprint density at radius 3 is 2.60 bits per heavy atom. The molecule has 0 saturated heterocycles. The van der Waals surface area contributed by atoms with Gasteiger partial charge in [-0.25, -0.2) is 0 Å². The number of rotatable bonds is 6. The van der Waals surface area contributed by atoms with Gasteiger partial charge in [-0.05, 0) is 30.7 Å². The van der Waals surface area contributed by atoms with Crippen LogP contribution in [0.2, 0.25) is 0 Å². The molecule has 0 fully saturated rings.